The molecule has 9 nitrogen and oxygen atoms in total. The lowest BCUT2D eigenvalue weighted by atomic mass is 9.96. The highest BCUT2D eigenvalue weighted by Crippen LogP contribution is 2.34. The second-order valence-corrected chi connectivity index (χ2v) is 12.6. The van der Waals surface area contributed by atoms with Gasteiger partial charge in [-0.2, -0.15) is 0 Å². The maximum atomic E-state index is 11.4. The van der Waals surface area contributed by atoms with E-state index in [1.807, 2.05) is 128 Å². The summed E-state index contributed by atoms with van der Waals surface area (Å²) in [7, 11) is 0. The topological polar surface area (TPSA) is 105 Å². The van der Waals surface area contributed by atoms with Crippen molar-refractivity contribution in [3.8, 4) is 0 Å². The van der Waals surface area contributed by atoms with Crippen molar-refractivity contribution in [1.29, 1.82) is 0 Å². The van der Waals surface area contributed by atoms with Crippen molar-refractivity contribution in [3.05, 3.63) is 144 Å². The highest BCUT2D eigenvalue weighted by Gasteiger charge is 2.51. The summed E-state index contributed by atoms with van der Waals surface area (Å²) >= 11 is 0. The van der Waals surface area contributed by atoms with Crippen molar-refractivity contribution in [2.45, 2.75) is 102 Å². The summed E-state index contributed by atoms with van der Waals surface area (Å²) in [5.74, 6) is 0. The first-order chi connectivity index (χ1) is 24.0. The maximum absolute atomic E-state index is 11.4. The van der Waals surface area contributed by atoms with E-state index < -0.39 is 61.4 Å². The van der Waals surface area contributed by atoms with Gasteiger partial charge in [0.05, 0.1) is 38.6 Å². The van der Waals surface area contributed by atoms with Gasteiger partial charge in [-0.25, -0.2) is 0 Å². The molecule has 9 heteroatoms. The SMILES string of the molecule is C[C@H]1O[C@H](O[C@H]2[C@H](OCc3ccccc3)[C@@H](OCc3ccccc3)[C@H](O)O[C@@H]2C)[C@H](OCc2ccccc2)[C@@H](OCc2ccccc2)[C@@H]1O. The monoisotopic (exact) mass is 670 g/mol. The molecular formula is C40H46O9. The molecule has 2 aliphatic rings. The Labute approximate surface area is 288 Å². The van der Waals surface area contributed by atoms with E-state index in [9.17, 15) is 10.2 Å². The summed E-state index contributed by atoms with van der Waals surface area (Å²) in [6.45, 7) is 4.61. The zero-order chi connectivity index (χ0) is 34.0. The van der Waals surface area contributed by atoms with Crippen LogP contribution in [0.5, 0.6) is 0 Å². The van der Waals surface area contributed by atoms with Gasteiger partial charge in [-0.15, -0.1) is 0 Å². The molecule has 2 aliphatic heterocycles. The lowest BCUT2D eigenvalue weighted by Crippen LogP contribution is -2.64. The Morgan fingerprint density at radius 1 is 0.449 bits per heavy atom. The molecule has 0 aliphatic carbocycles. The quantitative estimate of drug-likeness (QED) is 0.179. The fourth-order valence-electron chi connectivity index (χ4n) is 6.23. The van der Waals surface area contributed by atoms with Crippen LogP contribution in [0, 0.1) is 0 Å². The van der Waals surface area contributed by atoms with Crippen molar-refractivity contribution in [2.75, 3.05) is 0 Å². The van der Waals surface area contributed by atoms with E-state index in [2.05, 4.69) is 0 Å². The van der Waals surface area contributed by atoms with Gasteiger partial charge in [-0.05, 0) is 36.1 Å². The molecular weight excluding hydrogens is 624 g/mol. The number of aliphatic hydroxyl groups is 2. The van der Waals surface area contributed by atoms with E-state index in [-0.39, 0.29) is 26.4 Å². The molecule has 0 saturated carbocycles. The average molecular weight is 671 g/mol. The van der Waals surface area contributed by atoms with Crippen LogP contribution >= 0.6 is 0 Å². The second-order valence-electron chi connectivity index (χ2n) is 12.6. The molecule has 0 radical (unpaired) electrons. The number of rotatable bonds is 14. The first-order valence-electron chi connectivity index (χ1n) is 16.9. The minimum atomic E-state index is -1.26. The van der Waals surface area contributed by atoms with Crippen molar-refractivity contribution in [1.82, 2.24) is 0 Å². The maximum Gasteiger partial charge on any atom is 0.187 e. The number of ether oxygens (including phenoxy) is 7. The predicted octanol–water partition coefficient (Wildman–Crippen LogP) is 5.56. The second kappa shape index (κ2) is 17.4. The van der Waals surface area contributed by atoms with Crippen LogP contribution in [0.3, 0.4) is 0 Å². The van der Waals surface area contributed by atoms with Gasteiger partial charge in [-0.3, -0.25) is 0 Å². The molecule has 2 heterocycles. The van der Waals surface area contributed by atoms with Crippen LogP contribution < -0.4 is 0 Å². The summed E-state index contributed by atoms with van der Waals surface area (Å²) < 4.78 is 44.9. The van der Waals surface area contributed by atoms with Gasteiger partial charge in [0, 0.05) is 0 Å². The Bertz CT molecular complexity index is 1510. The van der Waals surface area contributed by atoms with Crippen molar-refractivity contribution >= 4 is 0 Å². The predicted molar refractivity (Wildman–Crippen MR) is 182 cm³/mol. The highest BCUT2D eigenvalue weighted by atomic mass is 16.7. The summed E-state index contributed by atoms with van der Waals surface area (Å²) in [5, 5.41) is 22.6. The lowest BCUT2D eigenvalue weighted by Gasteiger charge is -2.48. The fourth-order valence-corrected chi connectivity index (χ4v) is 6.23. The molecule has 4 aromatic carbocycles. The van der Waals surface area contributed by atoms with Crippen LogP contribution in [-0.2, 0) is 59.6 Å². The van der Waals surface area contributed by atoms with E-state index in [1.165, 1.54) is 0 Å². The first kappa shape index (κ1) is 35.3. The molecule has 2 fully saturated rings. The lowest BCUT2D eigenvalue weighted by molar-refractivity contribution is -0.364. The largest absolute Gasteiger partial charge is 0.388 e. The van der Waals surface area contributed by atoms with Crippen molar-refractivity contribution in [3.63, 3.8) is 0 Å². The molecule has 6 rings (SSSR count). The molecule has 4 aromatic rings. The summed E-state index contributed by atoms with van der Waals surface area (Å²) in [6, 6.07) is 39.1. The summed E-state index contributed by atoms with van der Waals surface area (Å²) in [6.07, 6.45) is -8.48. The number of hydrogen-bond acceptors (Lipinski definition) is 9. The van der Waals surface area contributed by atoms with Gasteiger partial charge in [0.1, 0.15) is 36.6 Å². The fraction of sp³-hybridized carbons (Fsp3) is 0.400. The molecule has 10 atom stereocenters. The van der Waals surface area contributed by atoms with Crippen molar-refractivity contribution < 1.29 is 43.4 Å². The van der Waals surface area contributed by atoms with Gasteiger partial charge >= 0.3 is 0 Å². The molecule has 0 spiro atoms. The van der Waals surface area contributed by atoms with Gasteiger partial charge in [-0.1, -0.05) is 121 Å². The average Bonchev–Trinajstić information content (AvgIpc) is 3.13. The Morgan fingerprint density at radius 3 is 1.29 bits per heavy atom. The standard InChI is InChI=1S/C40H46O9/c1-27-33(41)35(43-23-29-15-7-3-8-16-29)38(46-26-32-21-13-6-14-22-32)40(48-27)49-34-28(2)47-39(42)37(45-25-31-19-11-5-12-20-31)36(34)44-24-30-17-9-4-10-18-30/h3-22,27-28,33-42H,23-26H2,1-2H3/t27-,28-,33-,34-,35+,36+,37-,38-,39-,40-/m1/s1. The smallest absolute Gasteiger partial charge is 0.187 e. The third-order valence-electron chi connectivity index (χ3n) is 8.94. The first-order valence-corrected chi connectivity index (χ1v) is 16.9. The molecule has 0 amide bonds. The van der Waals surface area contributed by atoms with Gasteiger partial charge in [0.25, 0.3) is 0 Å². The van der Waals surface area contributed by atoms with Gasteiger partial charge in [0.2, 0.25) is 0 Å². The molecule has 2 saturated heterocycles. The van der Waals surface area contributed by atoms with E-state index in [0.29, 0.717) is 0 Å². The zero-order valence-electron chi connectivity index (χ0n) is 27.9. The van der Waals surface area contributed by atoms with Crippen molar-refractivity contribution in [2.24, 2.45) is 0 Å². The van der Waals surface area contributed by atoms with Gasteiger partial charge < -0.3 is 43.4 Å². The molecule has 49 heavy (non-hydrogen) atoms. The van der Waals surface area contributed by atoms with Crippen LogP contribution in [0.4, 0.5) is 0 Å². The van der Waals surface area contributed by atoms with E-state index in [0.717, 1.165) is 22.3 Å². The molecule has 0 unspecified atom stereocenters. The minimum Gasteiger partial charge on any atom is -0.388 e. The summed E-state index contributed by atoms with van der Waals surface area (Å²) in [5.41, 5.74) is 3.82. The number of benzene rings is 4. The van der Waals surface area contributed by atoms with Crippen LogP contribution in [0.2, 0.25) is 0 Å². The minimum absolute atomic E-state index is 0.236. The van der Waals surface area contributed by atoms with E-state index in [1.54, 1.807) is 6.92 Å². The van der Waals surface area contributed by atoms with Crippen LogP contribution in [-0.4, -0.2) is 71.6 Å². The summed E-state index contributed by atoms with van der Waals surface area (Å²) in [4.78, 5) is 0. The Kier molecular flexibility index (Phi) is 12.6. The molecule has 0 bridgehead atoms. The Morgan fingerprint density at radius 2 is 0.837 bits per heavy atom. The third kappa shape index (κ3) is 9.40. The van der Waals surface area contributed by atoms with E-state index >= 15 is 0 Å². The Balaban J connectivity index is 1.27. The molecule has 0 aromatic heterocycles. The number of aliphatic hydroxyl groups excluding tert-OH is 2. The third-order valence-corrected chi connectivity index (χ3v) is 8.94. The normalized spacial score (nSPS) is 30.2. The van der Waals surface area contributed by atoms with Gasteiger partial charge in [0.15, 0.2) is 12.6 Å². The van der Waals surface area contributed by atoms with Crippen LogP contribution in [0.15, 0.2) is 121 Å². The highest BCUT2D eigenvalue weighted by molar-refractivity contribution is 5.16. The number of hydrogen-bond donors (Lipinski definition) is 2. The van der Waals surface area contributed by atoms with Crippen LogP contribution in [0.1, 0.15) is 36.1 Å². The zero-order valence-corrected chi connectivity index (χ0v) is 27.9. The molecule has 260 valence electrons. The molecule has 2 N–H and O–H groups in total. The Hall–Kier alpha value is -3.48. The van der Waals surface area contributed by atoms with Crippen LogP contribution in [0.25, 0.3) is 0 Å². The van der Waals surface area contributed by atoms with E-state index in [4.69, 9.17) is 33.2 Å².